The molecule has 0 aliphatic carbocycles. The van der Waals surface area contributed by atoms with Crippen LogP contribution < -0.4 is 5.32 Å². The summed E-state index contributed by atoms with van der Waals surface area (Å²) >= 11 is 9.88. The molecule has 1 amide bonds. The number of ether oxygens (including phenoxy) is 1. The topological polar surface area (TPSA) is 46.5 Å². The molecule has 2 heterocycles. The fraction of sp³-hybridized carbons (Fsp3) is 0.421. The van der Waals surface area contributed by atoms with E-state index in [1.165, 1.54) is 0 Å². The van der Waals surface area contributed by atoms with E-state index in [1.807, 2.05) is 48.0 Å². The summed E-state index contributed by atoms with van der Waals surface area (Å²) in [6.07, 6.45) is 1.92. The van der Waals surface area contributed by atoms with E-state index in [0.29, 0.717) is 25.5 Å². The Balaban J connectivity index is 1.77. The first-order chi connectivity index (χ1) is 12.6. The first-order valence-corrected chi connectivity index (χ1v) is 9.97. The Kier molecular flexibility index (Phi) is 6.75. The average Bonchev–Trinajstić information content (AvgIpc) is 3.05. The lowest BCUT2D eigenvalue weighted by atomic mass is 10.0. The van der Waals surface area contributed by atoms with Crippen molar-refractivity contribution in [2.45, 2.75) is 19.5 Å². The molecular weight excluding hydrogens is 418 g/mol. The van der Waals surface area contributed by atoms with Gasteiger partial charge >= 0.3 is 0 Å². The van der Waals surface area contributed by atoms with Crippen LogP contribution in [0.3, 0.4) is 0 Å². The number of carbonyl (C=O) groups excluding carboxylic acids is 1. The van der Waals surface area contributed by atoms with Gasteiger partial charge in [-0.1, -0.05) is 29.8 Å². The van der Waals surface area contributed by atoms with Crippen LogP contribution in [0.4, 0.5) is 0 Å². The van der Waals surface area contributed by atoms with Crippen molar-refractivity contribution in [1.29, 1.82) is 0 Å². The zero-order valence-electron chi connectivity index (χ0n) is 14.8. The van der Waals surface area contributed by atoms with Crippen molar-refractivity contribution in [3.05, 3.63) is 57.3 Å². The predicted octanol–water partition coefficient (Wildman–Crippen LogP) is 3.73. The molecule has 1 aromatic carbocycles. The predicted molar refractivity (Wildman–Crippen MR) is 107 cm³/mol. The van der Waals surface area contributed by atoms with Crippen LogP contribution in [0.15, 0.2) is 41.0 Å². The number of halogens is 2. The summed E-state index contributed by atoms with van der Waals surface area (Å²) in [5.41, 5.74) is 1.68. The maximum Gasteiger partial charge on any atom is 0.268 e. The first-order valence-electron chi connectivity index (χ1n) is 8.80. The van der Waals surface area contributed by atoms with Gasteiger partial charge < -0.3 is 14.6 Å². The molecule has 26 heavy (non-hydrogen) atoms. The average molecular weight is 441 g/mol. The minimum atomic E-state index is -0.0807. The van der Waals surface area contributed by atoms with Crippen LogP contribution >= 0.6 is 27.5 Å². The molecule has 0 bridgehead atoms. The fourth-order valence-electron chi connectivity index (χ4n) is 3.28. The highest BCUT2D eigenvalue weighted by molar-refractivity contribution is 9.10. The quantitative estimate of drug-likeness (QED) is 0.744. The normalized spacial score (nSPS) is 16.4. The number of nitrogens with one attached hydrogen (secondary N) is 1. The van der Waals surface area contributed by atoms with Gasteiger partial charge in [-0.25, -0.2) is 0 Å². The zero-order valence-corrected chi connectivity index (χ0v) is 17.1. The van der Waals surface area contributed by atoms with E-state index in [9.17, 15) is 4.79 Å². The second-order valence-corrected chi connectivity index (χ2v) is 7.55. The molecule has 1 unspecified atom stereocenters. The van der Waals surface area contributed by atoms with Crippen molar-refractivity contribution in [1.82, 2.24) is 14.8 Å². The number of nitrogens with zero attached hydrogens (tertiary/aromatic N) is 2. The third-order valence-electron chi connectivity index (χ3n) is 4.64. The lowest BCUT2D eigenvalue weighted by Crippen LogP contribution is -2.44. The van der Waals surface area contributed by atoms with Crippen LogP contribution in [0, 0.1) is 0 Å². The molecule has 2 aromatic rings. The number of aromatic nitrogens is 1. The third kappa shape index (κ3) is 4.49. The van der Waals surface area contributed by atoms with Gasteiger partial charge in [-0.2, -0.15) is 0 Å². The van der Waals surface area contributed by atoms with Crippen molar-refractivity contribution in [2.24, 2.45) is 0 Å². The molecule has 140 valence electrons. The summed E-state index contributed by atoms with van der Waals surface area (Å²) in [7, 11) is 0. The molecule has 7 heteroatoms. The highest BCUT2D eigenvalue weighted by atomic mass is 79.9. The summed E-state index contributed by atoms with van der Waals surface area (Å²) in [6, 6.07) is 9.69. The highest BCUT2D eigenvalue weighted by Gasteiger charge is 2.25. The summed E-state index contributed by atoms with van der Waals surface area (Å²) < 4.78 is 8.31. The number of aryl methyl sites for hydroxylation is 1. The Morgan fingerprint density at radius 2 is 2.08 bits per heavy atom. The molecule has 1 fully saturated rings. The van der Waals surface area contributed by atoms with E-state index in [2.05, 4.69) is 26.1 Å². The minimum absolute atomic E-state index is 0.0185. The number of hydrogen-bond donors (Lipinski definition) is 1. The maximum absolute atomic E-state index is 12.7. The maximum atomic E-state index is 12.7. The number of carbonyl (C=O) groups is 1. The molecule has 1 N–H and O–H groups in total. The molecular formula is C19H23BrClN3O2. The molecule has 5 nitrogen and oxygen atoms in total. The Bertz CT molecular complexity index is 759. The molecule has 1 aliphatic rings. The van der Waals surface area contributed by atoms with Gasteiger partial charge in [-0.05, 0) is 40.5 Å². The first kappa shape index (κ1) is 19.4. The molecule has 0 spiro atoms. The lowest BCUT2D eigenvalue weighted by Gasteiger charge is -2.35. The molecule has 1 aromatic heterocycles. The Morgan fingerprint density at radius 1 is 1.35 bits per heavy atom. The molecule has 1 aliphatic heterocycles. The van der Waals surface area contributed by atoms with Crippen molar-refractivity contribution >= 4 is 33.4 Å². The van der Waals surface area contributed by atoms with Crippen LogP contribution in [0.1, 0.15) is 29.0 Å². The highest BCUT2D eigenvalue weighted by Crippen LogP contribution is 2.28. The second-order valence-electron chi connectivity index (χ2n) is 6.23. The number of benzene rings is 1. The van der Waals surface area contributed by atoms with Gasteiger partial charge in [0.25, 0.3) is 5.91 Å². The SMILES string of the molecule is CCn1cc(Br)cc1C(=O)NCC(c1ccccc1Cl)N1CCOCC1. The molecule has 0 radical (unpaired) electrons. The number of hydrogen-bond acceptors (Lipinski definition) is 3. The van der Waals surface area contributed by atoms with Crippen LogP contribution in [0.5, 0.6) is 0 Å². The summed E-state index contributed by atoms with van der Waals surface area (Å²) in [5, 5.41) is 3.81. The molecule has 3 rings (SSSR count). The molecule has 1 atom stereocenters. The fourth-order valence-corrected chi connectivity index (χ4v) is 4.00. The number of amides is 1. The summed E-state index contributed by atoms with van der Waals surface area (Å²) in [4.78, 5) is 15.0. The third-order valence-corrected chi connectivity index (χ3v) is 5.42. The Labute approximate surface area is 167 Å². The second kappa shape index (κ2) is 9.04. The smallest absolute Gasteiger partial charge is 0.268 e. The van der Waals surface area contributed by atoms with Crippen molar-refractivity contribution < 1.29 is 9.53 Å². The summed E-state index contributed by atoms with van der Waals surface area (Å²) in [6.45, 7) is 6.29. The monoisotopic (exact) mass is 439 g/mol. The van der Waals surface area contributed by atoms with Gasteiger partial charge in [-0.3, -0.25) is 9.69 Å². The van der Waals surface area contributed by atoms with Gasteiger partial charge in [-0.15, -0.1) is 0 Å². The van der Waals surface area contributed by atoms with Gasteiger partial charge in [0.2, 0.25) is 0 Å². The van der Waals surface area contributed by atoms with E-state index in [4.69, 9.17) is 16.3 Å². The van der Waals surface area contributed by atoms with Gasteiger partial charge in [0.15, 0.2) is 0 Å². The van der Waals surface area contributed by atoms with Crippen molar-refractivity contribution in [3.8, 4) is 0 Å². The van der Waals surface area contributed by atoms with Gasteiger partial charge in [0, 0.05) is 41.9 Å². The minimum Gasteiger partial charge on any atom is -0.379 e. The molecule has 0 saturated carbocycles. The van der Waals surface area contributed by atoms with Crippen LogP contribution in [-0.4, -0.2) is 48.2 Å². The van der Waals surface area contributed by atoms with Crippen LogP contribution in [0.2, 0.25) is 5.02 Å². The lowest BCUT2D eigenvalue weighted by molar-refractivity contribution is 0.0162. The van der Waals surface area contributed by atoms with Gasteiger partial charge in [0.1, 0.15) is 5.69 Å². The zero-order chi connectivity index (χ0) is 18.5. The Morgan fingerprint density at radius 3 is 2.77 bits per heavy atom. The standard InChI is InChI=1S/C19H23BrClN3O2/c1-2-23-13-14(20)11-17(23)19(25)22-12-18(24-7-9-26-10-8-24)15-5-3-4-6-16(15)21/h3-6,11,13,18H,2,7-10,12H2,1H3,(H,22,25). The molecule has 1 saturated heterocycles. The van der Waals surface area contributed by atoms with Gasteiger partial charge in [0.05, 0.1) is 19.3 Å². The Hall–Kier alpha value is -1.34. The van der Waals surface area contributed by atoms with E-state index in [1.54, 1.807) is 0 Å². The van der Waals surface area contributed by atoms with E-state index < -0.39 is 0 Å². The van der Waals surface area contributed by atoms with E-state index >= 15 is 0 Å². The van der Waals surface area contributed by atoms with E-state index in [-0.39, 0.29) is 11.9 Å². The van der Waals surface area contributed by atoms with Crippen molar-refractivity contribution in [2.75, 3.05) is 32.8 Å². The van der Waals surface area contributed by atoms with Crippen LogP contribution in [-0.2, 0) is 11.3 Å². The van der Waals surface area contributed by atoms with Crippen LogP contribution in [0.25, 0.3) is 0 Å². The number of morpholine rings is 1. The van der Waals surface area contributed by atoms with Crippen molar-refractivity contribution in [3.63, 3.8) is 0 Å². The largest absolute Gasteiger partial charge is 0.379 e. The summed E-state index contributed by atoms with van der Waals surface area (Å²) in [5.74, 6) is -0.0807. The van der Waals surface area contributed by atoms with E-state index in [0.717, 1.165) is 34.7 Å². The number of rotatable bonds is 6.